The zero-order valence-electron chi connectivity index (χ0n) is 16.4. The molecule has 1 amide bonds. The summed E-state index contributed by atoms with van der Waals surface area (Å²) < 4.78 is 18.6. The van der Waals surface area contributed by atoms with Gasteiger partial charge >= 0.3 is 0 Å². The molecule has 1 aromatic heterocycles. The van der Waals surface area contributed by atoms with Gasteiger partial charge in [-0.05, 0) is 55.8 Å². The number of anilines is 1. The van der Waals surface area contributed by atoms with Crippen molar-refractivity contribution in [2.24, 2.45) is 0 Å². The number of amides is 1. The SMILES string of the molecule is O=C(CCN1CCCC(c2nc(-c3ccc(F)cc3)no2)C1)Nc1ccccc1Cl. The second-order valence-electron chi connectivity index (χ2n) is 7.38. The molecule has 0 radical (unpaired) electrons. The number of aromatic nitrogens is 2. The second-order valence-corrected chi connectivity index (χ2v) is 7.79. The summed E-state index contributed by atoms with van der Waals surface area (Å²) in [4.78, 5) is 19.0. The Labute approximate surface area is 179 Å². The Hall–Kier alpha value is -2.77. The van der Waals surface area contributed by atoms with Gasteiger partial charge < -0.3 is 14.7 Å². The number of para-hydroxylation sites is 1. The molecule has 0 spiro atoms. The van der Waals surface area contributed by atoms with Gasteiger partial charge in [0, 0.05) is 25.1 Å². The fourth-order valence-corrected chi connectivity index (χ4v) is 3.80. The third-order valence-electron chi connectivity index (χ3n) is 5.20. The van der Waals surface area contributed by atoms with Crippen LogP contribution in [0.25, 0.3) is 11.4 Å². The van der Waals surface area contributed by atoms with E-state index in [-0.39, 0.29) is 17.6 Å². The number of likely N-dealkylation sites (tertiary alicyclic amines) is 1. The fraction of sp³-hybridized carbons (Fsp3) is 0.318. The van der Waals surface area contributed by atoms with Gasteiger partial charge in [0.1, 0.15) is 5.82 Å². The van der Waals surface area contributed by atoms with E-state index in [0.29, 0.717) is 35.4 Å². The second kappa shape index (κ2) is 9.36. The van der Waals surface area contributed by atoms with Crippen molar-refractivity contribution in [3.8, 4) is 11.4 Å². The highest BCUT2D eigenvalue weighted by molar-refractivity contribution is 6.33. The highest BCUT2D eigenvalue weighted by Gasteiger charge is 2.26. The third-order valence-corrected chi connectivity index (χ3v) is 5.53. The lowest BCUT2D eigenvalue weighted by Gasteiger charge is -2.30. The molecule has 1 aliphatic rings. The molecule has 2 aromatic carbocycles. The summed E-state index contributed by atoms with van der Waals surface area (Å²) >= 11 is 6.09. The van der Waals surface area contributed by atoms with Gasteiger partial charge in [-0.3, -0.25) is 4.79 Å². The van der Waals surface area contributed by atoms with Gasteiger partial charge in [-0.15, -0.1) is 0 Å². The number of hydrogen-bond acceptors (Lipinski definition) is 5. The summed E-state index contributed by atoms with van der Waals surface area (Å²) in [7, 11) is 0. The van der Waals surface area contributed by atoms with E-state index in [2.05, 4.69) is 20.4 Å². The molecule has 0 aliphatic carbocycles. The molecular weight excluding hydrogens is 407 g/mol. The van der Waals surface area contributed by atoms with Crippen molar-refractivity contribution in [1.82, 2.24) is 15.0 Å². The first-order valence-corrected chi connectivity index (χ1v) is 10.3. The standard InChI is InChI=1S/C22H22ClFN4O2/c23-18-5-1-2-6-19(18)25-20(29)11-13-28-12-3-4-16(14-28)22-26-21(27-30-22)15-7-9-17(24)10-8-15/h1-2,5-10,16H,3-4,11-14H2,(H,25,29). The Bertz CT molecular complexity index is 1010. The van der Waals surface area contributed by atoms with E-state index in [9.17, 15) is 9.18 Å². The van der Waals surface area contributed by atoms with Crippen molar-refractivity contribution < 1.29 is 13.7 Å². The smallest absolute Gasteiger partial charge is 0.231 e. The van der Waals surface area contributed by atoms with E-state index in [0.717, 1.165) is 31.5 Å². The van der Waals surface area contributed by atoms with E-state index in [1.54, 1.807) is 24.3 Å². The van der Waals surface area contributed by atoms with Crippen LogP contribution in [0.2, 0.25) is 5.02 Å². The molecular formula is C22H22ClFN4O2. The molecule has 6 nitrogen and oxygen atoms in total. The summed E-state index contributed by atoms with van der Waals surface area (Å²) in [6.45, 7) is 2.32. The Balaban J connectivity index is 1.32. The van der Waals surface area contributed by atoms with Gasteiger partial charge in [-0.2, -0.15) is 4.98 Å². The first-order chi connectivity index (χ1) is 14.6. The average molecular weight is 429 g/mol. The molecule has 1 saturated heterocycles. The van der Waals surface area contributed by atoms with Gasteiger partial charge in [0.2, 0.25) is 17.6 Å². The molecule has 1 N–H and O–H groups in total. The Morgan fingerprint density at radius 1 is 1.23 bits per heavy atom. The van der Waals surface area contributed by atoms with Gasteiger partial charge in [0.25, 0.3) is 0 Å². The maximum absolute atomic E-state index is 13.1. The van der Waals surface area contributed by atoms with Crippen molar-refractivity contribution in [1.29, 1.82) is 0 Å². The van der Waals surface area contributed by atoms with Crippen LogP contribution in [-0.4, -0.2) is 40.6 Å². The molecule has 0 saturated carbocycles. The number of nitrogens with one attached hydrogen (secondary N) is 1. The summed E-state index contributed by atoms with van der Waals surface area (Å²) in [5.41, 5.74) is 1.34. The topological polar surface area (TPSA) is 71.3 Å². The van der Waals surface area contributed by atoms with Crippen molar-refractivity contribution in [2.45, 2.75) is 25.2 Å². The number of carbonyl (C=O) groups is 1. The van der Waals surface area contributed by atoms with Gasteiger partial charge in [-0.25, -0.2) is 4.39 Å². The van der Waals surface area contributed by atoms with Crippen molar-refractivity contribution in [3.63, 3.8) is 0 Å². The van der Waals surface area contributed by atoms with Gasteiger partial charge in [0.15, 0.2) is 0 Å². The van der Waals surface area contributed by atoms with E-state index >= 15 is 0 Å². The maximum Gasteiger partial charge on any atom is 0.231 e. The quantitative estimate of drug-likeness (QED) is 0.614. The van der Waals surface area contributed by atoms with Crippen molar-refractivity contribution >= 4 is 23.2 Å². The van der Waals surface area contributed by atoms with Crippen LogP contribution >= 0.6 is 11.6 Å². The van der Waals surface area contributed by atoms with Crippen LogP contribution in [0, 0.1) is 5.82 Å². The van der Waals surface area contributed by atoms with E-state index in [4.69, 9.17) is 16.1 Å². The lowest BCUT2D eigenvalue weighted by atomic mass is 9.98. The number of carbonyl (C=O) groups excluding carboxylic acids is 1. The normalized spacial score (nSPS) is 17.1. The average Bonchev–Trinajstić information content (AvgIpc) is 3.25. The third kappa shape index (κ3) is 5.04. The lowest BCUT2D eigenvalue weighted by Crippen LogP contribution is -2.36. The minimum atomic E-state index is -0.302. The van der Waals surface area contributed by atoms with Crippen molar-refractivity contribution in [3.05, 3.63) is 65.3 Å². The van der Waals surface area contributed by atoms with E-state index in [1.165, 1.54) is 12.1 Å². The summed E-state index contributed by atoms with van der Waals surface area (Å²) in [5, 5.41) is 7.42. The number of benzene rings is 2. The molecule has 8 heteroatoms. The number of halogens is 2. The number of hydrogen-bond donors (Lipinski definition) is 1. The number of rotatable bonds is 6. The molecule has 30 heavy (non-hydrogen) atoms. The predicted molar refractivity (Wildman–Crippen MR) is 113 cm³/mol. The highest BCUT2D eigenvalue weighted by Crippen LogP contribution is 2.28. The van der Waals surface area contributed by atoms with Crippen LogP contribution in [0.5, 0.6) is 0 Å². The van der Waals surface area contributed by atoms with Crippen molar-refractivity contribution in [2.75, 3.05) is 25.0 Å². The van der Waals surface area contributed by atoms with Crippen LogP contribution in [0.3, 0.4) is 0 Å². The Morgan fingerprint density at radius 2 is 2.03 bits per heavy atom. The minimum Gasteiger partial charge on any atom is -0.339 e. The zero-order valence-corrected chi connectivity index (χ0v) is 17.1. The van der Waals surface area contributed by atoms with Crippen LogP contribution in [0.15, 0.2) is 53.1 Å². The Kier molecular flexibility index (Phi) is 6.40. The first kappa shape index (κ1) is 20.5. The Morgan fingerprint density at radius 3 is 2.83 bits per heavy atom. The molecule has 156 valence electrons. The molecule has 0 bridgehead atoms. The number of piperidine rings is 1. The van der Waals surface area contributed by atoms with Gasteiger partial charge in [0.05, 0.1) is 16.6 Å². The summed E-state index contributed by atoms with van der Waals surface area (Å²) in [6.07, 6.45) is 2.32. The zero-order chi connectivity index (χ0) is 20.9. The predicted octanol–water partition coefficient (Wildman–Crippen LogP) is 4.74. The van der Waals surface area contributed by atoms with E-state index < -0.39 is 0 Å². The maximum atomic E-state index is 13.1. The molecule has 1 unspecified atom stereocenters. The minimum absolute atomic E-state index is 0.0680. The molecule has 1 atom stereocenters. The highest BCUT2D eigenvalue weighted by atomic mass is 35.5. The largest absolute Gasteiger partial charge is 0.339 e. The fourth-order valence-electron chi connectivity index (χ4n) is 3.61. The van der Waals surface area contributed by atoms with Gasteiger partial charge in [-0.1, -0.05) is 28.9 Å². The first-order valence-electron chi connectivity index (χ1n) is 9.95. The lowest BCUT2D eigenvalue weighted by molar-refractivity contribution is -0.116. The van der Waals surface area contributed by atoms with E-state index in [1.807, 2.05) is 12.1 Å². The molecule has 1 aliphatic heterocycles. The van der Waals surface area contributed by atoms with Crippen LogP contribution in [0.1, 0.15) is 31.1 Å². The van der Waals surface area contributed by atoms with Crippen LogP contribution in [0.4, 0.5) is 10.1 Å². The van der Waals surface area contributed by atoms with Crippen LogP contribution in [-0.2, 0) is 4.79 Å². The molecule has 3 aromatic rings. The monoisotopic (exact) mass is 428 g/mol. The van der Waals surface area contributed by atoms with Crippen LogP contribution < -0.4 is 5.32 Å². The number of nitrogens with zero attached hydrogens (tertiary/aromatic N) is 3. The molecule has 1 fully saturated rings. The summed E-state index contributed by atoms with van der Waals surface area (Å²) in [6, 6.07) is 13.2. The summed E-state index contributed by atoms with van der Waals surface area (Å²) in [5.74, 6) is 0.790. The molecule has 4 rings (SSSR count). The molecule has 2 heterocycles.